The fourth-order valence-corrected chi connectivity index (χ4v) is 3.36. The SMILES string of the molecule is COCc1cn(CC2CC(NS(C)(=O)=O)C(O)C2O)nn1. The van der Waals surface area contributed by atoms with Crippen LogP contribution < -0.4 is 4.72 Å². The summed E-state index contributed by atoms with van der Waals surface area (Å²) in [5.74, 6) is -0.309. The molecule has 0 spiro atoms. The molecule has 2 rings (SSSR count). The Balaban J connectivity index is 2.00. The van der Waals surface area contributed by atoms with Crippen LogP contribution in [0.15, 0.2) is 6.20 Å². The standard InChI is InChI=1S/C11H20N4O5S/c1-20-6-8-5-15(14-12-8)4-7-3-9(11(17)10(7)16)13-21(2,18)19/h5,7,9-11,13,16-17H,3-4,6H2,1-2H3. The maximum absolute atomic E-state index is 11.2. The minimum absolute atomic E-state index is 0.309. The van der Waals surface area contributed by atoms with Gasteiger partial charge in [0.15, 0.2) is 0 Å². The lowest BCUT2D eigenvalue weighted by molar-refractivity contribution is 0.00974. The van der Waals surface area contributed by atoms with E-state index in [1.165, 1.54) is 0 Å². The zero-order chi connectivity index (χ0) is 15.6. The number of methoxy groups -OCH3 is 1. The van der Waals surface area contributed by atoms with Gasteiger partial charge in [-0.15, -0.1) is 5.10 Å². The van der Waals surface area contributed by atoms with Crippen LogP contribution in [0.1, 0.15) is 12.1 Å². The molecule has 0 radical (unpaired) electrons. The Labute approximate surface area is 123 Å². The normalized spacial score (nSPS) is 29.9. The van der Waals surface area contributed by atoms with Gasteiger partial charge in [0.05, 0.1) is 37.3 Å². The fourth-order valence-electron chi connectivity index (χ4n) is 2.58. The molecular formula is C11H20N4O5S. The highest BCUT2D eigenvalue weighted by molar-refractivity contribution is 7.88. The molecular weight excluding hydrogens is 300 g/mol. The van der Waals surface area contributed by atoms with Crippen molar-refractivity contribution in [1.29, 1.82) is 0 Å². The largest absolute Gasteiger partial charge is 0.390 e. The molecule has 4 atom stereocenters. The third-order valence-electron chi connectivity index (χ3n) is 3.47. The first-order valence-electron chi connectivity index (χ1n) is 6.51. The highest BCUT2D eigenvalue weighted by Gasteiger charge is 2.42. The molecule has 0 bridgehead atoms. The van der Waals surface area contributed by atoms with Crippen LogP contribution in [-0.2, 0) is 27.9 Å². The monoisotopic (exact) mass is 320 g/mol. The molecule has 0 saturated heterocycles. The van der Waals surface area contributed by atoms with E-state index in [1.54, 1.807) is 18.0 Å². The number of hydrogen-bond acceptors (Lipinski definition) is 7. The van der Waals surface area contributed by atoms with Crippen LogP contribution in [0.5, 0.6) is 0 Å². The summed E-state index contributed by atoms with van der Waals surface area (Å²) in [5, 5.41) is 27.8. The number of nitrogens with zero attached hydrogens (tertiary/aromatic N) is 3. The lowest BCUT2D eigenvalue weighted by Crippen LogP contribution is -2.42. The highest BCUT2D eigenvalue weighted by atomic mass is 32.2. The Morgan fingerprint density at radius 3 is 2.81 bits per heavy atom. The number of ether oxygens (including phenoxy) is 1. The molecule has 1 aliphatic carbocycles. The van der Waals surface area contributed by atoms with Gasteiger partial charge in [-0.1, -0.05) is 5.21 Å². The number of aliphatic hydroxyl groups excluding tert-OH is 2. The van der Waals surface area contributed by atoms with E-state index in [-0.39, 0.29) is 5.92 Å². The first-order valence-corrected chi connectivity index (χ1v) is 8.40. The number of aromatic nitrogens is 3. The Morgan fingerprint density at radius 2 is 2.19 bits per heavy atom. The maximum atomic E-state index is 11.2. The first-order chi connectivity index (χ1) is 9.80. The number of aliphatic hydroxyl groups is 2. The van der Waals surface area contributed by atoms with Crippen molar-refractivity contribution in [3.05, 3.63) is 11.9 Å². The van der Waals surface area contributed by atoms with E-state index in [2.05, 4.69) is 15.0 Å². The summed E-state index contributed by atoms with van der Waals surface area (Å²) in [4.78, 5) is 0. The first kappa shape index (κ1) is 16.3. The van der Waals surface area contributed by atoms with Gasteiger partial charge in [-0.25, -0.2) is 13.1 Å². The number of sulfonamides is 1. The topological polar surface area (TPSA) is 127 Å². The Bertz CT molecular complexity index is 575. The number of nitrogens with one attached hydrogen (secondary N) is 1. The van der Waals surface area contributed by atoms with E-state index in [4.69, 9.17) is 4.74 Å². The summed E-state index contributed by atoms with van der Waals surface area (Å²) in [6.07, 6.45) is 0.897. The zero-order valence-corrected chi connectivity index (χ0v) is 12.7. The van der Waals surface area contributed by atoms with Gasteiger partial charge in [0, 0.05) is 19.6 Å². The zero-order valence-electron chi connectivity index (χ0n) is 11.9. The highest BCUT2D eigenvalue weighted by Crippen LogP contribution is 2.28. The molecule has 10 heteroatoms. The van der Waals surface area contributed by atoms with Crippen LogP contribution in [0.4, 0.5) is 0 Å². The second-order valence-corrected chi connectivity index (χ2v) is 7.12. The van der Waals surface area contributed by atoms with Gasteiger partial charge >= 0.3 is 0 Å². The van der Waals surface area contributed by atoms with Crippen molar-refractivity contribution in [3.8, 4) is 0 Å². The quantitative estimate of drug-likeness (QED) is 0.558. The van der Waals surface area contributed by atoms with Gasteiger partial charge < -0.3 is 14.9 Å². The second kappa shape index (κ2) is 6.36. The molecule has 0 aromatic carbocycles. The molecule has 3 N–H and O–H groups in total. The molecule has 0 aliphatic heterocycles. The van der Waals surface area contributed by atoms with Crippen LogP contribution in [0.25, 0.3) is 0 Å². The Morgan fingerprint density at radius 1 is 1.48 bits per heavy atom. The summed E-state index contributed by atoms with van der Waals surface area (Å²) >= 11 is 0. The van der Waals surface area contributed by atoms with Crippen LogP contribution in [0, 0.1) is 5.92 Å². The Hall–Kier alpha value is -1.07. The third-order valence-corrected chi connectivity index (χ3v) is 4.20. The molecule has 1 saturated carbocycles. The lowest BCUT2D eigenvalue weighted by Gasteiger charge is -2.17. The molecule has 4 unspecified atom stereocenters. The van der Waals surface area contributed by atoms with Crippen LogP contribution >= 0.6 is 0 Å². The van der Waals surface area contributed by atoms with Crippen molar-refractivity contribution in [3.63, 3.8) is 0 Å². The van der Waals surface area contributed by atoms with Crippen molar-refractivity contribution in [2.24, 2.45) is 5.92 Å². The summed E-state index contributed by atoms with van der Waals surface area (Å²) in [6.45, 7) is 0.686. The van der Waals surface area contributed by atoms with Gasteiger partial charge in [0.1, 0.15) is 5.69 Å². The maximum Gasteiger partial charge on any atom is 0.209 e. The fraction of sp³-hybridized carbons (Fsp3) is 0.818. The minimum Gasteiger partial charge on any atom is -0.390 e. The third kappa shape index (κ3) is 4.20. The number of hydrogen-bond donors (Lipinski definition) is 3. The average molecular weight is 320 g/mol. The van der Waals surface area contributed by atoms with Crippen LogP contribution in [-0.4, -0.2) is 65.2 Å². The molecule has 120 valence electrons. The van der Waals surface area contributed by atoms with Crippen molar-refractivity contribution in [2.75, 3.05) is 13.4 Å². The predicted molar refractivity (Wildman–Crippen MR) is 72.6 cm³/mol. The van der Waals surface area contributed by atoms with E-state index in [0.29, 0.717) is 25.3 Å². The summed E-state index contributed by atoms with van der Waals surface area (Å²) in [7, 11) is -1.88. The van der Waals surface area contributed by atoms with Gasteiger partial charge in [0.25, 0.3) is 0 Å². The van der Waals surface area contributed by atoms with Crippen molar-refractivity contribution >= 4 is 10.0 Å². The molecule has 9 nitrogen and oxygen atoms in total. The van der Waals surface area contributed by atoms with Gasteiger partial charge in [-0.05, 0) is 6.42 Å². The molecule has 1 aromatic heterocycles. The smallest absolute Gasteiger partial charge is 0.209 e. The minimum atomic E-state index is -3.44. The summed E-state index contributed by atoms with van der Waals surface area (Å²) in [6, 6.07) is -0.693. The van der Waals surface area contributed by atoms with E-state index in [9.17, 15) is 18.6 Å². The lowest BCUT2D eigenvalue weighted by atomic mass is 10.1. The molecule has 1 aromatic rings. The van der Waals surface area contributed by atoms with Gasteiger partial charge in [-0.3, -0.25) is 4.68 Å². The van der Waals surface area contributed by atoms with E-state index >= 15 is 0 Å². The Kier molecular flexibility index (Phi) is 4.94. The summed E-state index contributed by atoms with van der Waals surface area (Å²) < 4.78 is 31.3. The van der Waals surface area contributed by atoms with Gasteiger partial charge in [-0.2, -0.15) is 0 Å². The van der Waals surface area contributed by atoms with Gasteiger partial charge in [0.2, 0.25) is 10.0 Å². The van der Waals surface area contributed by atoms with Crippen LogP contribution in [0.3, 0.4) is 0 Å². The molecule has 21 heavy (non-hydrogen) atoms. The van der Waals surface area contributed by atoms with Crippen molar-refractivity contribution in [1.82, 2.24) is 19.7 Å². The predicted octanol–water partition coefficient (Wildman–Crippen LogP) is -1.92. The summed E-state index contributed by atoms with van der Waals surface area (Å²) in [5.41, 5.74) is 0.663. The van der Waals surface area contributed by atoms with Crippen molar-refractivity contribution < 1.29 is 23.4 Å². The van der Waals surface area contributed by atoms with E-state index in [0.717, 1.165) is 6.26 Å². The second-order valence-electron chi connectivity index (χ2n) is 5.34. The van der Waals surface area contributed by atoms with Crippen LogP contribution in [0.2, 0.25) is 0 Å². The molecule has 1 heterocycles. The molecule has 0 amide bonds. The van der Waals surface area contributed by atoms with E-state index in [1.807, 2.05) is 0 Å². The van der Waals surface area contributed by atoms with E-state index < -0.39 is 28.3 Å². The molecule has 1 aliphatic rings. The number of rotatable bonds is 6. The van der Waals surface area contributed by atoms with Crippen molar-refractivity contribution in [2.45, 2.75) is 37.8 Å². The molecule has 1 fully saturated rings. The average Bonchev–Trinajstić information content (AvgIpc) is 2.90.